The van der Waals surface area contributed by atoms with E-state index >= 15 is 0 Å². The van der Waals surface area contributed by atoms with E-state index in [1.165, 1.54) is 38.6 Å². The molecule has 0 aliphatic carbocycles. The summed E-state index contributed by atoms with van der Waals surface area (Å²) in [5.41, 5.74) is 0.517. The highest BCUT2D eigenvalue weighted by atomic mass is 15.1. The van der Waals surface area contributed by atoms with Crippen LogP contribution in [0.15, 0.2) is 0 Å². The molecule has 1 fully saturated rings. The van der Waals surface area contributed by atoms with Crippen LogP contribution in [0, 0.1) is 5.92 Å². The second-order valence-corrected chi connectivity index (χ2v) is 7.63. The molecule has 1 rings (SSSR count). The standard InChI is InChI=1S/C16H34N2/c1-7-8-13(2)9-10-17-14-11-15(3,4)18-16(5,6)12-14/h13-14,17-18H,7-12H2,1-6H3. The minimum absolute atomic E-state index is 0.258. The Morgan fingerprint density at radius 1 is 1.11 bits per heavy atom. The number of hydrogen-bond acceptors (Lipinski definition) is 2. The summed E-state index contributed by atoms with van der Waals surface area (Å²) in [5.74, 6) is 0.866. The zero-order valence-electron chi connectivity index (χ0n) is 13.4. The SMILES string of the molecule is CCCC(C)CCNC1CC(C)(C)NC(C)(C)C1. The Morgan fingerprint density at radius 3 is 2.17 bits per heavy atom. The van der Waals surface area contributed by atoms with Crippen LogP contribution in [0.3, 0.4) is 0 Å². The van der Waals surface area contributed by atoms with Gasteiger partial charge in [0.1, 0.15) is 0 Å². The molecule has 0 amide bonds. The third-order valence-corrected chi connectivity index (χ3v) is 4.04. The highest BCUT2D eigenvalue weighted by Gasteiger charge is 2.37. The molecule has 0 radical (unpaired) electrons. The molecule has 0 bridgehead atoms. The number of rotatable bonds is 6. The lowest BCUT2D eigenvalue weighted by molar-refractivity contribution is 0.145. The third-order valence-electron chi connectivity index (χ3n) is 4.04. The molecular weight excluding hydrogens is 220 g/mol. The Hall–Kier alpha value is -0.0800. The molecule has 2 nitrogen and oxygen atoms in total. The van der Waals surface area contributed by atoms with Gasteiger partial charge in [-0.25, -0.2) is 0 Å². The Labute approximate surface area is 114 Å². The Morgan fingerprint density at radius 2 is 1.67 bits per heavy atom. The van der Waals surface area contributed by atoms with Crippen molar-refractivity contribution in [2.24, 2.45) is 5.92 Å². The van der Waals surface area contributed by atoms with Crippen LogP contribution in [0.5, 0.6) is 0 Å². The van der Waals surface area contributed by atoms with Crippen molar-refractivity contribution in [2.75, 3.05) is 6.54 Å². The van der Waals surface area contributed by atoms with Crippen molar-refractivity contribution >= 4 is 0 Å². The fourth-order valence-corrected chi connectivity index (χ4v) is 3.64. The maximum Gasteiger partial charge on any atom is 0.0144 e. The summed E-state index contributed by atoms with van der Waals surface area (Å²) < 4.78 is 0. The van der Waals surface area contributed by atoms with Gasteiger partial charge in [0.25, 0.3) is 0 Å². The van der Waals surface area contributed by atoms with E-state index in [0.29, 0.717) is 6.04 Å². The van der Waals surface area contributed by atoms with Crippen molar-refractivity contribution < 1.29 is 0 Å². The van der Waals surface area contributed by atoms with Crippen LogP contribution in [0.25, 0.3) is 0 Å². The maximum atomic E-state index is 3.78. The molecule has 1 aliphatic heterocycles. The molecule has 1 unspecified atom stereocenters. The summed E-state index contributed by atoms with van der Waals surface area (Å²) in [4.78, 5) is 0. The highest BCUT2D eigenvalue weighted by molar-refractivity contribution is 4.99. The maximum absolute atomic E-state index is 3.78. The van der Waals surface area contributed by atoms with Crippen LogP contribution < -0.4 is 10.6 Å². The minimum atomic E-state index is 0.258. The van der Waals surface area contributed by atoms with E-state index in [2.05, 4.69) is 52.2 Å². The lowest BCUT2D eigenvalue weighted by atomic mass is 9.79. The second kappa shape index (κ2) is 6.38. The third kappa shape index (κ3) is 5.71. The summed E-state index contributed by atoms with van der Waals surface area (Å²) in [6, 6.07) is 0.671. The van der Waals surface area contributed by atoms with E-state index < -0.39 is 0 Å². The van der Waals surface area contributed by atoms with Gasteiger partial charge in [-0.1, -0.05) is 26.7 Å². The van der Waals surface area contributed by atoms with Crippen LogP contribution in [-0.4, -0.2) is 23.7 Å². The lowest BCUT2D eigenvalue weighted by Crippen LogP contribution is -2.61. The molecule has 0 aromatic rings. The van der Waals surface area contributed by atoms with Crippen molar-refractivity contribution in [3.63, 3.8) is 0 Å². The molecule has 1 aliphatic rings. The normalized spacial score (nSPS) is 25.0. The van der Waals surface area contributed by atoms with Crippen molar-refractivity contribution in [3.05, 3.63) is 0 Å². The van der Waals surface area contributed by atoms with Crippen LogP contribution in [-0.2, 0) is 0 Å². The predicted molar refractivity (Wildman–Crippen MR) is 81.0 cm³/mol. The zero-order chi connectivity index (χ0) is 13.8. The molecule has 1 saturated heterocycles. The Bertz CT molecular complexity index is 229. The zero-order valence-corrected chi connectivity index (χ0v) is 13.4. The van der Waals surface area contributed by atoms with E-state index in [0.717, 1.165) is 5.92 Å². The summed E-state index contributed by atoms with van der Waals surface area (Å²) in [7, 11) is 0. The largest absolute Gasteiger partial charge is 0.314 e. The fraction of sp³-hybridized carbons (Fsp3) is 1.00. The van der Waals surface area contributed by atoms with Gasteiger partial charge in [-0.05, 0) is 59.4 Å². The molecule has 108 valence electrons. The van der Waals surface area contributed by atoms with Crippen molar-refractivity contribution in [1.82, 2.24) is 10.6 Å². The average molecular weight is 254 g/mol. The molecule has 2 heteroatoms. The van der Waals surface area contributed by atoms with Gasteiger partial charge in [-0.15, -0.1) is 0 Å². The number of hydrogen-bond donors (Lipinski definition) is 2. The van der Waals surface area contributed by atoms with E-state index in [-0.39, 0.29) is 11.1 Å². The molecule has 0 saturated carbocycles. The Balaban J connectivity index is 2.33. The number of piperidine rings is 1. The van der Waals surface area contributed by atoms with Gasteiger partial charge in [-0.2, -0.15) is 0 Å². The lowest BCUT2D eigenvalue weighted by Gasteiger charge is -2.46. The van der Waals surface area contributed by atoms with Gasteiger partial charge in [0.15, 0.2) is 0 Å². The first-order chi connectivity index (χ1) is 8.24. The quantitative estimate of drug-likeness (QED) is 0.755. The molecular formula is C16H34N2. The van der Waals surface area contributed by atoms with Crippen molar-refractivity contribution in [1.29, 1.82) is 0 Å². The van der Waals surface area contributed by atoms with Crippen LogP contribution in [0.2, 0.25) is 0 Å². The summed E-state index contributed by atoms with van der Waals surface area (Å²) >= 11 is 0. The van der Waals surface area contributed by atoms with Crippen molar-refractivity contribution in [3.8, 4) is 0 Å². The molecule has 0 aromatic carbocycles. The van der Waals surface area contributed by atoms with Crippen LogP contribution in [0.4, 0.5) is 0 Å². The van der Waals surface area contributed by atoms with E-state index in [4.69, 9.17) is 0 Å². The first kappa shape index (κ1) is 16.0. The Kier molecular flexibility index (Phi) is 5.67. The first-order valence-electron chi connectivity index (χ1n) is 7.77. The molecule has 0 aromatic heterocycles. The molecule has 2 N–H and O–H groups in total. The van der Waals surface area contributed by atoms with Gasteiger partial charge >= 0.3 is 0 Å². The molecule has 1 atom stereocenters. The van der Waals surface area contributed by atoms with Gasteiger partial charge in [-0.3, -0.25) is 0 Å². The fourth-order valence-electron chi connectivity index (χ4n) is 3.64. The van der Waals surface area contributed by atoms with Gasteiger partial charge < -0.3 is 10.6 Å². The predicted octanol–water partition coefficient (Wildman–Crippen LogP) is 3.71. The minimum Gasteiger partial charge on any atom is -0.314 e. The summed E-state index contributed by atoms with van der Waals surface area (Å²) in [5, 5.41) is 7.52. The van der Waals surface area contributed by atoms with Gasteiger partial charge in [0.05, 0.1) is 0 Å². The first-order valence-corrected chi connectivity index (χ1v) is 7.77. The van der Waals surface area contributed by atoms with E-state index in [9.17, 15) is 0 Å². The van der Waals surface area contributed by atoms with Gasteiger partial charge in [0, 0.05) is 17.1 Å². The van der Waals surface area contributed by atoms with Crippen molar-refractivity contribution in [2.45, 2.75) is 90.8 Å². The van der Waals surface area contributed by atoms with Crippen LogP contribution in [0.1, 0.15) is 73.6 Å². The van der Waals surface area contributed by atoms with Crippen LogP contribution >= 0.6 is 0 Å². The molecule has 18 heavy (non-hydrogen) atoms. The second-order valence-electron chi connectivity index (χ2n) is 7.63. The summed E-state index contributed by atoms with van der Waals surface area (Å²) in [6.07, 6.45) is 6.47. The number of nitrogens with one attached hydrogen (secondary N) is 2. The van der Waals surface area contributed by atoms with E-state index in [1.54, 1.807) is 0 Å². The molecule has 0 spiro atoms. The van der Waals surface area contributed by atoms with Gasteiger partial charge in [0.2, 0.25) is 0 Å². The topological polar surface area (TPSA) is 24.1 Å². The highest BCUT2D eigenvalue weighted by Crippen LogP contribution is 2.28. The smallest absolute Gasteiger partial charge is 0.0144 e. The molecule has 1 heterocycles. The monoisotopic (exact) mass is 254 g/mol. The average Bonchev–Trinajstić information content (AvgIpc) is 2.12. The van der Waals surface area contributed by atoms with E-state index in [1.807, 2.05) is 0 Å². The summed E-state index contributed by atoms with van der Waals surface area (Å²) in [6.45, 7) is 15.1.